The van der Waals surface area contributed by atoms with E-state index in [-0.39, 0.29) is 11.9 Å². The number of para-hydroxylation sites is 1. The van der Waals surface area contributed by atoms with E-state index in [2.05, 4.69) is 26.0 Å². The summed E-state index contributed by atoms with van der Waals surface area (Å²) in [6.45, 7) is 8.14. The van der Waals surface area contributed by atoms with Crippen LogP contribution in [-0.2, 0) is 11.3 Å². The van der Waals surface area contributed by atoms with Crippen molar-refractivity contribution in [3.8, 4) is 17.5 Å². The van der Waals surface area contributed by atoms with E-state index in [0.29, 0.717) is 31.2 Å². The van der Waals surface area contributed by atoms with Gasteiger partial charge in [-0.1, -0.05) is 53.2 Å². The van der Waals surface area contributed by atoms with Crippen LogP contribution in [0.15, 0.2) is 59.1 Å². The van der Waals surface area contributed by atoms with E-state index in [1.807, 2.05) is 68.4 Å². The van der Waals surface area contributed by atoms with Gasteiger partial charge in [0.25, 0.3) is 0 Å². The Labute approximate surface area is 200 Å². The van der Waals surface area contributed by atoms with Crippen LogP contribution in [0.4, 0.5) is 5.69 Å². The molecule has 0 saturated carbocycles. The first-order chi connectivity index (χ1) is 16.5. The van der Waals surface area contributed by atoms with E-state index in [1.165, 1.54) is 5.56 Å². The molecule has 1 aliphatic rings. The van der Waals surface area contributed by atoms with Crippen LogP contribution < -0.4 is 4.90 Å². The average Bonchev–Trinajstić information content (AvgIpc) is 3.33. The van der Waals surface area contributed by atoms with E-state index < -0.39 is 0 Å². The van der Waals surface area contributed by atoms with E-state index in [1.54, 1.807) is 4.90 Å². The fraction of sp³-hybridized carbons (Fsp3) is 0.385. The minimum atomic E-state index is -0.266. The summed E-state index contributed by atoms with van der Waals surface area (Å²) in [5.74, 6) is 1.22. The maximum atomic E-state index is 13.3. The van der Waals surface area contributed by atoms with Crippen molar-refractivity contribution in [2.45, 2.75) is 32.9 Å². The molecular formula is C26H30N6O2. The Morgan fingerprint density at radius 2 is 1.82 bits per heavy atom. The summed E-state index contributed by atoms with van der Waals surface area (Å²) in [5.41, 5.74) is 2.96. The van der Waals surface area contributed by atoms with Crippen molar-refractivity contribution in [1.82, 2.24) is 19.9 Å². The van der Waals surface area contributed by atoms with E-state index in [4.69, 9.17) is 9.78 Å². The summed E-state index contributed by atoms with van der Waals surface area (Å²) in [4.78, 5) is 24.1. The lowest BCUT2D eigenvalue weighted by molar-refractivity contribution is -0.124. The monoisotopic (exact) mass is 458 g/mol. The fourth-order valence-electron chi connectivity index (χ4n) is 4.16. The molecule has 176 valence electrons. The van der Waals surface area contributed by atoms with Crippen molar-refractivity contribution in [2.24, 2.45) is 0 Å². The molecule has 0 bridgehead atoms. The van der Waals surface area contributed by atoms with Gasteiger partial charge in [-0.25, -0.2) is 0 Å². The van der Waals surface area contributed by atoms with Crippen molar-refractivity contribution in [1.29, 1.82) is 5.26 Å². The van der Waals surface area contributed by atoms with Gasteiger partial charge in [-0.15, -0.1) is 0 Å². The topological polar surface area (TPSA) is 89.5 Å². The summed E-state index contributed by atoms with van der Waals surface area (Å²) >= 11 is 0. The van der Waals surface area contributed by atoms with Crippen molar-refractivity contribution in [3.63, 3.8) is 0 Å². The molecule has 8 nitrogen and oxygen atoms in total. The van der Waals surface area contributed by atoms with E-state index in [9.17, 15) is 4.79 Å². The SMILES string of the molecule is Cc1ccc(-c2noc(CN3CCN(C(C)C(=O)N(CCC#N)c4ccccc4)CC3)n2)cc1. The Bertz CT molecular complexity index is 1110. The molecule has 1 fully saturated rings. The Hall–Kier alpha value is -3.54. The molecule has 0 spiro atoms. The van der Waals surface area contributed by atoms with Gasteiger partial charge in [-0.2, -0.15) is 10.2 Å². The number of hydrogen-bond acceptors (Lipinski definition) is 7. The lowest BCUT2D eigenvalue weighted by Crippen LogP contribution is -2.54. The molecule has 3 aromatic rings. The second-order valence-electron chi connectivity index (χ2n) is 8.60. The van der Waals surface area contributed by atoms with Gasteiger partial charge >= 0.3 is 0 Å². The highest BCUT2D eigenvalue weighted by molar-refractivity contribution is 5.97. The molecule has 0 N–H and O–H groups in total. The van der Waals surface area contributed by atoms with Crippen molar-refractivity contribution >= 4 is 11.6 Å². The summed E-state index contributed by atoms with van der Waals surface area (Å²) in [5, 5.41) is 13.2. The number of aromatic nitrogens is 2. The molecule has 1 atom stereocenters. The zero-order chi connectivity index (χ0) is 23.9. The molecule has 1 aliphatic heterocycles. The van der Waals surface area contributed by atoms with E-state index >= 15 is 0 Å². The number of aryl methyl sites for hydroxylation is 1. The number of anilines is 1. The third-order valence-corrected chi connectivity index (χ3v) is 6.23. The summed E-state index contributed by atoms with van der Waals surface area (Å²) < 4.78 is 5.48. The molecule has 2 aromatic carbocycles. The number of nitrogens with zero attached hydrogens (tertiary/aromatic N) is 6. The van der Waals surface area contributed by atoms with Gasteiger partial charge in [-0.05, 0) is 26.0 Å². The summed E-state index contributed by atoms with van der Waals surface area (Å²) in [6.07, 6.45) is 0.301. The van der Waals surface area contributed by atoms with Crippen molar-refractivity contribution < 1.29 is 9.32 Å². The largest absolute Gasteiger partial charge is 0.338 e. The molecule has 2 heterocycles. The Balaban J connectivity index is 1.32. The molecule has 1 unspecified atom stereocenters. The second-order valence-corrected chi connectivity index (χ2v) is 8.60. The standard InChI is InChI=1S/C26H30N6O2/c1-20-9-11-22(12-10-20)25-28-24(34-29-25)19-30-15-17-31(18-16-30)21(2)26(33)32(14-6-13-27)23-7-4-3-5-8-23/h3-5,7-12,21H,6,14-19H2,1-2H3. The number of rotatable bonds is 8. The highest BCUT2D eigenvalue weighted by Crippen LogP contribution is 2.20. The van der Waals surface area contributed by atoms with Crippen molar-refractivity contribution in [2.75, 3.05) is 37.6 Å². The first kappa shape index (κ1) is 23.6. The van der Waals surface area contributed by atoms with Crippen LogP contribution in [-0.4, -0.2) is 64.6 Å². The van der Waals surface area contributed by atoms with Crippen LogP contribution in [0.2, 0.25) is 0 Å². The number of amides is 1. The van der Waals surface area contributed by atoms with Crippen LogP contribution >= 0.6 is 0 Å². The van der Waals surface area contributed by atoms with Gasteiger partial charge in [0, 0.05) is 44.0 Å². The molecule has 0 aliphatic carbocycles. The van der Waals surface area contributed by atoms with Crippen LogP contribution in [0.3, 0.4) is 0 Å². The number of hydrogen-bond donors (Lipinski definition) is 0. The normalized spacial score (nSPS) is 15.6. The Morgan fingerprint density at radius 3 is 2.50 bits per heavy atom. The van der Waals surface area contributed by atoms with Gasteiger partial charge < -0.3 is 9.42 Å². The van der Waals surface area contributed by atoms with Crippen LogP contribution in [0.1, 0.15) is 24.8 Å². The first-order valence-corrected chi connectivity index (χ1v) is 11.6. The second kappa shape index (κ2) is 11.1. The number of benzene rings is 2. The Kier molecular flexibility index (Phi) is 7.68. The smallest absolute Gasteiger partial charge is 0.244 e. The molecule has 34 heavy (non-hydrogen) atoms. The third kappa shape index (κ3) is 5.68. The minimum absolute atomic E-state index is 0.0227. The van der Waals surface area contributed by atoms with Gasteiger partial charge in [0.05, 0.1) is 25.1 Å². The average molecular weight is 459 g/mol. The van der Waals surface area contributed by atoms with Crippen LogP contribution in [0.5, 0.6) is 0 Å². The highest BCUT2D eigenvalue weighted by atomic mass is 16.5. The van der Waals surface area contributed by atoms with Gasteiger partial charge in [0.15, 0.2) is 0 Å². The Morgan fingerprint density at radius 1 is 1.12 bits per heavy atom. The minimum Gasteiger partial charge on any atom is -0.338 e. The number of piperazine rings is 1. The molecule has 4 rings (SSSR count). The number of carbonyl (C=O) groups excluding carboxylic acids is 1. The summed E-state index contributed by atoms with van der Waals surface area (Å²) in [6, 6.07) is 19.5. The third-order valence-electron chi connectivity index (χ3n) is 6.23. The number of nitriles is 1. The lowest BCUT2D eigenvalue weighted by Gasteiger charge is -2.38. The van der Waals surface area contributed by atoms with Crippen molar-refractivity contribution in [3.05, 3.63) is 66.1 Å². The predicted octanol–water partition coefficient (Wildman–Crippen LogP) is 3.50. The molecule has 1 saturated heterocycles. The zero-order valence-corrected chi connectivity index (χ0v) is 19.7. The highest BCUT2D eigenvalue weighted by Gasteiger charge is 2.29. The maximum Gasteiger partial charge on any atom is 0.244 e. The van der Waals surface area contributed by atoms with Crippen LogP contribution in [0, 0.1) is 18.3 Å². The molecule has 1 amide bonds. The number of carbonyl (C=O) groups is 1. The van der Waals surface area contributed by atoms with E-state index in [0.717, 1.165) is 37.4 Å². The van der Waals surface area contributed by atoms with Gasteiger partial charge in [0.1, 0.15) is 0 Å². The van der Waals surface area contributed by atoms with Crippen LogP contribution in [0.25, 0.3) is 11.4 Å². The lowest BCUT2D eigenvalue weighted by atomic mass is 10.1. The van der Waals surface area contributed by atoms with Gasteiger partial charge in [0.2, 0.25) is 17.6 Å². The molecular weight excluding hydrogens is 428 g/mol. The predicted molar refractivity (Wildman–Crippen MR) is 130 cm³/mol. The molecule has 8 heteroatoms. The molecule has 0 radical (unpaired) electrons. The quantitative estimate of drug-likeness (QED) is 0.510. The first-order valence-electron chi connectivity index (χ1n) is 11.6. The molecule has 1 aromatic heterocycles. The maximum absolute atomic E-state index is 13.3. The van der Waals surface area contributed by atoms with Gasteiger partial charge in [-0.3, -0.25) is 14.6 Å². The zero-order valence-electron chi connectivity index (χ0n) is 19.7. The summed E-state index contributed by atoms with van der Waals surface area (Å²) in [7, 11) is 0. The fourth-order valence-corrected chi connectivity index (χ4v) is 4.16.